The van der Waals surface area contributed by atoms with Crippen LogP contribution in [0.2, 0.25) is 0 Å². The van der Waals surface area contributed by atoms with E-state index in [0.29, 0.717) is 0 Å². The largest absolute Gasteiger partial charge is 0.384 e. The Balaban J connectivity index is 1.91. The van der Waals surface area contributed by atoms with Gasteiger partial charge in [-0.2, -0.15) is 0 Å². The molecule has 4 heteroatoms. The highest BCUT2D eigenvalue weighted by Gasteiger charge is 2.23. The zero-order valence-electron chi connectivity index (χ0n) is 7.12. The van der Waals surface area contributed by atoms with Crippen LogP contribution in [0, 0.1) is 0 Å². The third-order valence-electron chi connectivity index (χ3n) is 1.91. The van der Waals surface area contributed by atoms with Crippen LogP contribution in [0.4, 0.5) is 0 Å². The van der Waals surface area contributed by atoms with Crippen molar-refractivity contribution < 1.29 is 4.74 Å². The molecule has 0 aromatic carbocycles. The minimum absolute atomic E-state index is 0.806. The first-order chi connectivity index (χ1) is 5.90. The number of rotatable bonds is 3. The summed E-state index contributed by atoms with van der Waals surface area (Å²) in [5.74, 6) is 0. The lowest BCUT2D eigenvalue weighted by Crippen LogP contribution is -2.14. The van der Waals surface area contributed by atoms with Gasteiger partial charge in [0.05, 0.1) is 13.2 Å². The van der Waals surface area contributed by atoms with Gasteiger partial charge in [0.2, 0.25) is 0 Å². The second-order valence-electron chi connectivity index (χ2n) is 2.80. The summed E-state index contributed by atoms with van der Waals surface area (Å²) in [6, 6.07) is 0. The summed E-state index contributed by atoms with van der Waals surface area (Å²) in [7, 11) is 1.73. The molecule has 2 aliphatic heterocycles. The molecule has 0 aromatic heterocycles. The molecule has 3 nitrogen and oxygen atoms in total. The molecule has 2 aliphatic rings. The highest BCUT2D eigenvalue weighted by Crippen LogP contribution is 2.32. The number of hydrogen-bond donors (Lipinski definition) is 0. The van der Waals surface area contributed by atoms with E-state index in [2.05, 4.69) is 16.1 Å². The number of nitrogens with zero attached hydrogens (tertiary/aromatic N) is 2. The van der Waals surface area contributed by atoms with Crippen molar-refractivity contribution in [3.05, 3.63) is 11.1 Å². The van der Waals surface area contributed by atoms with Gasteiger partial charge in [-0.3, -0.25) is 4.99 Å². The molecular weight excluding hydrogens is 172 g/mol. The van der Waals surface area contributed by atoms with Gasteiger partial charge >= 0.3 is 0 Å². The number of ether oxygens (including phenoxy) is 1. The Kier molecular flexibility index (Phi) is 2.37. The van der Waals surface area contributed by atoms with Crippen molar-refractivity contribution in [2.75, 3.05) is 26.8 Å². The van der Waals surface area contributed by atoms with E-state index >= 15 is 0 Å². The van der Waals surface area contributed by atoms with E-state index in [4.69, 9.17) is 4.74 Å². The predicted octanol–water partition coefficient (Wildman–Crippen LogP) is 1.28. The van der Waals surface area contributed by atoms with Gasteiger partial charge < -0.3 is 9.64 Å². The van der Waals surface area contributed by atoms with Crippen molar-refractivity contribution >= 4 is 16.9 Å². The summed E-state index contributed by atoms with van der Waals surface area (Å²) >= 11 is 1.78. The van der Waals surface area contributed by atoms with Gasteiger partial charge in [-0.05, 0) is 0 Å². The second kappa shape index (κ2) is 3.49. The molecule has 2 heterocycles. The van der Waals surface area contributed by atoms with Crippen molar-refractivity contribution in [3.8, 4) is 0 Å². The molecule has 0 fully saturated rings. The first-order valence-electron chi connectivity index (χ1n) is 4.09. The van der Waals surface area contributed by atoms with Crippen LogP contribution in [0.15, 0.2) is 16.1 Å². The fourth-order valence-corrected chi connectivity index (χ4v) is 2.30. The maximum Gasteiger partial charge on any atom is 0.168 e. The van der Waals surface area contributed by atoms with E-state index in [1.165, 1.54) is 10.1 Å². The SMILES string of the molecule is COCCC1=CN2CCN=C2S1. The molecule has 0 radical (unpaired) electrons. The van der Waals surface area contributed by atoms with E-state index in [-0.39, 0.29) is 0 Å². The van der Waals surface area contributed by atoms with Crippen LogP contribution >= 0.6 is 11.8 Å². The Morgan fingerprint density at radius 3 is 3.42 bits per heavy atom. The Morgan fingerprint density at radius 1 is 1.75 bits per heavy atom. The third-order valence-corrected chi connectivity index (χ3v) is 3.03. The Hall–Kier alpha value is -0.480. The maximum atomic E-state index is 5.01. The molecule has 0 aromatic rings. The summed E-state index contributed by atoms with van der Waals surface area (Å²) in [5, 5.41) is 1.17. The Bertz CT molecular complexity index is 237. The molecule has 66 valence electrons. The van der Waals surface area contributed by atoms with Crippen LogP contribution < -0.4 is 0 Å². The molecule has 0 saturated carbocycles. The van der Waals surface area contributed by atoms with Gasteiger partial charge in [-0.1, -0.05) is 11.8 Å². The zero-order valence-corrected chi connectivity index (χ0v) is 7.93. The number of amidine groups is 1. The van der Waals surface area contributed by atoms with E-state index < -0.39 is 0 Å². The van der Waals surface area contributed by atoms with Crippen LogP contribution in [0.1, 0.15) is 6.42 Å². The van der Waals surface area contributed by atoms with Crippen LogP contribution in [0.25, 0.3) is 0 Å². The van der Waals surface area contributed by atoms with E-state index in [0.717, 1.165) is 26.1 Å². The van der Waals surface area contributed by atoms with E-state index in [1.807, 2.05) is 0 Å². The predicted molar refractivity (Wildman–Crippen MR) is 51.2 cm³/mol. The number of thioether (sulfide) groups is 1. The normalized spacial score (nSPS) is 20.9. The standard InChI is InChI=1S/C8H12N2OS/c1-11-5-2-7-6-10-4-3-9-8(10)12-7/h6H,2-5H2,1H3. The highest BCUT2D eigenvalue weighted by atomic mass is 32.2. The summed E-state index contributed by atoms with van der Waals surface area (Å²) in [6.45, 7) is 2.81. The zero-order chi connectivity index (χ0) is 8.39. The van der Waals surface area contributed by atoms with E-state index in [1.54, 1.807) is 18.9 Å². The van der Waals surface area contributed by atoms with Crippen LogP contribution in [0.3, 0.4) is 0 Å². The lowest BCUT2D eigenvalue weighted by molar-refractivity contribution is 0.203. The third kappa shape index (κ3) is 1.49. The van der Waals surface area contributed by atoms with Gasteiger partial charge in [0.15, 0.2) is 5.17 Å². The molecule has 0 bridgehead atoms. The van der Waals surface area contributed by atoms with Crippen molar-refractivity contribution in [1.29, 1.82) is 0 Å². The summed E-state index contributed by atoms with van der Waals surface area (Å²) < 4.78 is 5.01. The van der Waals surface area contributed by atoms with Gasteiger partial charge in [0.1, 0.15) is 0 Å². The topological polar surface area (TPSA) is 24.8 Å². The molecule has 0 atom stereocenters. The van der Waals surface area contributed by atoms with Crippen molar-refractivity contribution in [2.45, 2.75) is 6.42 Å². The molecule has 0 unspecified atom stereocenters. The molecule has 0 amide bonds. The number of methoxy groups -OCH3 is 1. The summed E-state index contributed by atoms with van der Waals surface area (Å²) in [5.41, 5.74) is 0. The molecule has 2 rings (SSSR count). The van der Waals surface area contributed by atoms with Gasteiger partial charge in [0.25, 0.3) is 0 Å². The van der Waals surface area contributed by atoms with Crippen LogP contribution in [-0.2, 0) is 4.74 Å². The molecule has 0 N–H and O–H groups in total. The summed E-state index contributed by atoms with van der Waals surface area (Å²) in [6.07, 6.45) is 3.20. The minimum atomic E-state index is 0.806. The van der Waals surface area contributed by atoms with Gasteiger partial charge in [0, 0.05) is 31.2 Å². The molecule has 12 heavy (non-hydrogen) atoms. The Labute approximate surface area is 76.5 Å². The smallest absolute Gasteiger partial charge is 0.168 e. The molecule has 0 saturated heterocycles. The van der Waals surface area contributed by atoms with Gasteiger partial charge in [-0.25, -0.2) is 0 Å². The first kappa shape index (κ1) is 8.13. The van der Waals surface area contributed by atoms with Crippen LogP contribution in [0.5, 0.6) is 0 Å². The number of fused-ring (bicyclic) bond motifs is 1. The Morgan fingerprint density at radius 2 is 2.67 bits per heavy atom. The second-order valence-corrected chi connectivity index (χ2v) is 3.89. The van der Waals surface area contributed by atoms with Crippen LogP contribution in [-0.4, -0.2) is 36.9 Å². The lowest BCUT2D eigenvalue weighted by atomic mass is 10.4. The summed E-state index contributed by atoms with van der Waals surface area (Å²) in [4.78, 5) is 7.96. The number of aliphatic imine (C=N–C) groups is 1. The monoisotopic (exact) mass is 184 g/mol. The molecular formula is C8H12N2OS. The van der Waals surface area contributed by atoms with Crippen molar-refractivity contribution in [2.24, 2.45) is 4.99 Å². The lowest BCUT2D eigenvalue weighted by Gasteiger charge is -2.04. The quantitative estimate of drug-likeness (QED) is 0.660. The average Bonchev–Trinajstić information content (AvgIpc) is 2.58. The van der Waals surface area contributed by atoms with Gasteiger partial charge in [-0.15, -0.1) is 0 Å². The van der Waals surface area contributed by atoms with E-state index in [9.17, 15) is 0 Å². The molecule has 0 spiro atoms. The number of hydrogen-bond acceptors (Lipinski definition) is 4. The highest BCUT2D eigenvalue weighted by molar-refractivity contribution is 8.17. The minimum Gasteiger partial charge on any atom is -0.384 e. The fraction of sp³-hybridized carbons (Fsp3) is 0.625. The van der Waals surface area contributed by atoms with Crippen molar-refractivity contribution in [3.63, 3.8) is 0 Å². The maximum absolute atomic E-state index is 5.01. The van der Waals surface area contributed by atoms with Crippen molar-refractivity contribution in [1.82, 2.24) is 4.90 Å². The first-order valence-corrected chi connectivity index (χ1v) is 4.90. The average molecular weight is 184 g/mol. The molecule has 0 aliphatic carbocycles. The fourth-order valence-electron chi connectivity index (χ4n) is 1.29.